The highest BCUT2D eigenvalue weighted by molar-refractivity contribution is 5.76. The molecule has 17 heavy (non-hydrogen) atoms. The highest BCUT2D eigenvalue weighted by Gasteiger charge is 2.38. The van der Waals surface area contributed by atoms with E-state index < -0.39 is 0 Å². The van der Waals surface area contributed by atoms with Crippen molar-refractivity contribution in [3.8, 4) is 0 Å². The van der Waals surface area contributed by atoms with Crippen molar-refractivity contribution >= 4 is 5.91 Å². The lowest BCUT2D eigenvalue weighted by Crippen LogP contribution is -2.62. The second kappa shape index (κ2) is 4.97. The molecule has 1 fully saturated rings. The molecule has 0 aromatic carbocycles. The van der Waals surface area contributed by atoms with Crippen LogP contribution in [-0.4, -0.2) is 23.0 Å². The Balaban J connectivity index is 2.56. The Bertz CT molecular complexity index is 266. The molecule has 100 valence electrons. The molecule has 0 saturated carbocycles. The van der Waals surface area contributed by atoms with Gasteiger partial charge < -0.3 is 10.6 Å². The van der Waals surface area contributed by atoms with E-state index in [2.05, 4.69) is 52.2 Å². The molecule has 0 aliphatic carbocycles. The van der Waals surface area contributed by atoms with E-state index in [1.54, 1.807) is 0 Å². The molecule has 0 bridgehead atoms. The van der Waals surface area contributed by atoms with Crippen LogP contribution in [0, 0.1) is 5.92 Å². The first-order valence-electron chi connectivity index (χ1n) is 6.68. The Hall–Kier alpha value is -0.570. The number of amides is 1. The zero-order chi connectivity index (χ0) is 13.3. The monoisotopic (exact) mass is 240 g/mol. The predicted octanol–water partition coefficient (Wildman–Crippen LogP) is 2.46. The number of rotatable bonds is 3. The number of hydrogen-bond donors (Lipinski definition) is 2. The summed E-state index contributed by atoms with van der Waals surface area (Å²) in [5.41, 5.74) is 0.190. The van der Waals surface area contributed by atoms with Crippen molar-refractivity contribution in [3.05, 3.63) is 0 Å². The fraction of sp³-hybridized carbons (Fsp3) is 0.929. The summed E-state index contributed by atoms with van der Waals surface area (Å²) >= 11 is 0. The summed E-state index contributed by atoms with van der Waals surface area (Å²) in [5.74, 6) is 0.622. The van der Waals surface area contributed by atoms with E-state index in [9.17, 15) is 4.79 Å². The smallest absolute Gasteiger partial charge is 0.220 e. The highest BCUT2D eigenvalue weighted by Crippen LogP contribution is 2.28. The van der Waals surface area contributed by atoms with Crippen molar-refractivity contribution < 1.29 is 4.79 Å². The van der Waals surface area contributed by atoms with E-state index in [0.717, 1.165) is 12.8 Å². The predicted molar refractivity (Wildman–Crippen MR) is 71.9 cm³/mol. The largest absolute Gasteiger partial charge is 0.353 e. The molecule has 1 aliphatic rings. The second-order valence-electron chi connectivity index (χ2n) is 7.16. The maximum Gasteiger partial charge on any atom is 0.220 e. The van der Waals surface area contributed by atoms with Crippen LogP contribution in [0.1, 0.15) is 60.8 Å². The second-order valence-corrected chi connectivity index (χ2v) is 7.16. The van der Waals surface area contributed by atoms with Gasteiger partial charge in [0.2, 0.25) is 5.91 Å². The molecule has 3 heteroatoms. The van der Waals surface area contributed by atoms with E-state index in [1.165, 1.54) is 0 Å². The molecular weight excluding hydrogens is 212 g/mol. The number of carbonyl (C=O) groups excluding carboxylic acids is 1. The fourth-order valence-corrected chi connectivity index (χ4v) is 3.08. The molecule has 1 amide bonds. The Morgan fingerprint density at radius 1 is 1.24 bits per heavy atom. The van der Waals surface area contributed by atoms with Gasteiger partial charge in [-0.15, -0.1) is 0 Å². The normalized spacial score (nSPS) is 23.7. The van der Waals surface area contributed by atoms with Gasteiger partial charge in [-0.3, -0.25) is 4.79 Å². The lowest BCUT2D eigenvalue weighted by Gasteiger charge is -2.46. The number of hydrogen-bond acceptors (Lipinski definition) is 2. The zero-order valence-electron chi connectivity index (χ0n) is 12.2. The van der Waals surface area contributed by atoms with Crippen LogP contribution >= 0.6 is 0 Å². The molecule has 0 radical (unpaired) electrons. The molecule has 2 N–H and O–H groups in total. The van der Waals surface area contributed by atoms with Crippen molar-refractivity contribution in [2.75, 3.05) is 0 Å². The van der Waals surface area contributed by atoms with E-state index in [0.29, 0.717) is 18.4 Å². The van der Waals surface area contributed by atoms with Gasteiger partial charge in [0, 0.05) is 23.5 Å². The van der Waals surface area contributed by atoms with Crippen LogP contribution < -0.4 is 10.6 Å². The Labute approximate surface area is 106 Å². The lowest BCUT2D eigenvalue weighted by molar-refractivity contribution is -0.123. The van der Waals surface area contributed by atoms with Crippen molar-refractivity contribution in [2.45, 2.75) is 77.9 Å². The summed E-state index contributed by atoms with van der Waals surface area (Å²) in [4.78, 5) is 11.8. The minimum Gasteiger partial charge on any atom is -0.353 e. The van der Waals surface area contributed by atoms with Gasteiger partial charge in [-0.05, 0) is 46.5 Å². The first-order chi connectivity index (χ1) is 7.60. The van der Waals surface area contributed by atoms with Crippen LogP contribution in [0.5, 0.6) is 0 Å². The fourth-order valence-electron chi connectivity index (χ4n) is 3.08. The van der Waals surface area contributed by atoms with Gasteiger partial charge in [0.05, 0.1) is 0 Å². The molecule has 1 aliphatic heterocycles. The Morgan fingerprint density at radius 2 is 1.71 bits per heavy atom. The minimum atomic E-state index is 0.0948. The van der Waals surface area contributed by atoms with Gasteiger partial charge in [0.15, 0.2) is 0 Å². The summed E-state index contributed by atoms with van der Waals surface area (Å²) in [6.07, 6.45) is 2.63. The third kappa shape index (κ3) is 5.07. The summed E-state index contributed by atoms with van der Waals surface area (Å²) in [6, 6.07) is 0.299. The van der Waals surface area contributed by atoms with Gasteiger partial charge in [0.1, 0.15) is 0 Å². The molecule has 0 aromatic heterocycles. The first-order valence-corrected chi connectivity index (χ1v) is 6.68. The van der Waals surface area contributed by atoms with E-state index in [4.69, 9.17) is 0 Å². The quantitative estimate of drug-likeness (QED) is 0.795. The molecule has 0 aromatic rings. The van der Waals surface area contributed by atoms with Crippen molar-refractivity contribution in [1.82, 2.24) is 10.6 Å². The maximum atomic E-state index is 11.8. The van der Waals surface area contributed by atoms with Crippen LogP contribution in [0.2, 0.25) is 0 Å². The van der Waals surface area contributed by atoms with Crippen LogP contribution in [0.3, 0.4) is 0 Å². The average molecular weight is 240 g/mol. The van der Waals surface area contributed by atoms with Crippen LogP contribution in [0.4, 0.5) is 0 Å². The van der Waals surface area contributed by atoms with Crippen molar-refractivity contribution in [2.24, 2.45) is 5.92 Å². The number of nitrogens with one attached hydrogen (secondary N) is 2. The molecule has 0 spiro atoms. The van der Waals surface area contributed by atoms with Crippen molar-refractivity contribution in [3.63, 3.8) is 0 Å². The lowest BCUT2D eigenvalue weighted by atomic mass is 9.79. The third-order valence-electron chi connectivity index (χ3n) is 3.15. The van der Waals surface area contributed by atoms with Crippen LogP contribution in [-0.2, 0) is 4.79 Å². The van der Waals surface area contributed by atoms with Gasteiger partial charge in [-0.25, -0.2) is 0 Å². The van der Waals surface area contributed by atoms with Gasteiger partial charge >= 0.3 is 0 Å². The molecule has 3 nitrogen and oxygen atoms in total. The maximum absolute atomic E-state index is 11.8. The Kier molecular flexibility index (Phi) is 4.23. The minimum absolute atomic E-state index is 0.0948. The summed E-state index contributed by atoms with van der Waals surface area (Å²) in [5, 5.41) is 6.81. The summed E-state index contributed by atoms with van der Waals surface area (Å²) in [7, 11) is 0. The summed E-state index contributed by atoms with van der Waals surface area (Å²) in [6.45, 7) is 13.0. The van der Waals surface area contributed by atoms with Gasteiger partial charge in [0.25, 0.3) is 0 Å². The third-order valence-corrected chi connectivity index (χ3v) is 3.15. The van der Waals surface area contributed by atoms with Gasteiger partial charge in [-0.2, -0.15) is 0 Å². The Morgan fingerprint density at radius 3 is 2.12 bits per heavy atom. The molecular formula is C14H28N2O. The van der Waals surface area contributed by atoms with E-state index in [-0.39, 0.29) is 17.0 Å². The summed E-state index contributed by atoms with van der Waals surface area (Å²) < 4.78 is 0. The van der Waals surface area contributed by atoms with Crippen LogP contribution in [0.15, 0.2) is 0 Å². The molecule has 1 heterocycles. The number of piperidine rings is 1. The van der Waals surface area contributed by atoms with E-state index in [1.807, 2.05) is 0 Å². The van der Waals surface area contributed by atoms with Crippen molar-refractivity contribution in [1.29, 1.82) is 0 Å². The first kappa shape index (κ1) is 14.5. The molecule has 1 saturated heterocycles. The number of carbonyl (C=O) groups is 1. The van der Waals surface area contributed by atoms with Gasteiger partial charge in [-0.1, -0.05) is 13.8 Å². The van der Waals surface area contributed by atoms with E-state index >= 15 is 0 Å². The average Bonchev–Trinajstić information content (AvgIpc) is 1.93. The highest BCUT2D eigenvalue weighted by atomic mass is 16.1. The standard InChI is InChI=1S/C14H28N2O/c1-10(2)7-12(17)15-11-8-13(3,4)16-14(5,6)9-11/h10-11,16H,7-9H2,1-6H3,(H,15,17). The SMILES string of the molecule is CC(C)CC(=O)NC1CC(C)(C)NC(C)(C)C1. The topological polar surface area (TPSA) is 41.1 Å². The molecule has 0 unspecified atom stereocenters. The van der Waals surface area contributed by atoms with Crippen LogP contribution in [0.25, 0.3) is 0 Å². The zero-order valence-corrected chi connectivity index (χ0v) is 12.2. The molecule has 0 atom stereocenters. The molecule has 1 rings (SSSR count).